The van der Waals surface area contributed by atoms with Crippen molar-refractivity contribution in [2.45, 2.75) is 17.5 Å². The molecule has 0 saturated heterocycles. The minimum atomic E-state index is -0.297. The van der Waals surface area contributed by atoms with Crippen molar-refractivity contribution in [1.29, 1.82) is 0 Å². The van der Waals surface area contributed by atoms with Crippen molar-refractivity contribution in [1.82, 2.24) is 25.5 Å². The minimum absolute atomic E-state index is 0.297. The van der Waals surface area contributed by atoms with Crippen LogP contribution in [0.5, 0.6) is 0 Å². The molecule has 2 aromatic rings. The number of likely N-dealkylation sites (N-methyl/N-ethyl adjacent to an activating group) is 1. The van der Waals surface area contributed by atoms with Gasteiger partial charge >= 0.3 is 0 Å². The van der Waals surface area contributed by atoms with Gasteiger partial charge in [0.2, 0.25) is 5.16 Å². The van der Waals surface area contributed by atoms with Gasteiger partial charge in [-0.25, -0.2) is 9.07 Å². The second-order valence-corrected chi connectivity index (χ2v) is 5.16. The quantitative estimate of drug-likeness (QED) is 0.827. The lowest BCUT2D eigenvalue weighted by Gasteiger charge is -2.05. The maximum Gasteiger partial charge on any atom is 0.209 e. The van der Waals surface area contributed by atoms with Gasteiger partial charge in [0, 0.05) is 17.3 Å². The number of halogens is 2. The molecule has 0 amide bonds. The number of hydrogen-bond acceptors (Lipinski definition) is 5. The van der Waals surface area contributed by atoms with Gasteiger partial charge in [-0.1, -0.05) is 23.4 Å². The van der Waals surface area contributed by atoms with Gasteiger partial charge in [-0.2, -0.15) is 0 Å². The number of nitrogens with zero attached hydrogens (tertiary/aromatic N) is 4. The molecule has 19 heavy (non-hydrogen) atoms. The zero-order valence-corrected chi connectivity index (χ0v) is 11.9. The van der Waals surface area contributed by atoms with Gasteiger partial charge < -0.3 is 5.32 Å². The molecular formula is C11H13ClFN5S. The van der Waals surface area contributed by atoms with E-state index < -0.39 is 0 Å². The molecule has 0 unspecified atom stereocenters. The zero-order chi connectivity index (χ0) is 13.7. The normalized spacial score (nSPS) is 10.9. The van der Waals surface area contributed by atoms with Crippen LogP contribution in [0, 0.1) is 5.82 Å². The predicted octanol–water partition coefficient (Wildman–Crippen LogP) is 1.98. The van der Waals surface area contributed by atoms with E-state index in [0.29, 0.717) is 22.5 Å². The molecule has 1 N–H and O–H groups in total. The highest BCUT2D eigenvalue weighted by atomic mass is 35.5. The first kappa shape index (κ1) is 14.2. The van der Waals surface area contributed by atoms with Gasteiger partial charge in [0.15, 0.2) is 0 Å². The number of rotatable bonds is 6. The first-order valence-electron chi connectivity index (χ1n) is 5.68. The van der Waals surface area contributed by atoms with E-state index in [1.54, 1.807) is 10.7 Å². The van der Waals surface area contributed by atoms with Gasteiger partial charge in [-0.05, 0) is 41.2 Å². The third kappa shape index (κ3) is 3.89. The molecule has 0 fully saturated rings. The third-order valence-electron chi connectivity index (χ3n) is 2.44. The maximum atomic E-state index is 13.1. The lowest BCUT2D eigenvalue weighted by molar-refractivity contribution is 0.530. The first-order valence-corrected chi connectivity index (χ1v) is 7.04. The average molecular weight is 302 g/mol. The monoisotopic (exact) mass is 301 g/mol. The highest BCUT2D eigenvalue weighted by Gasteiger charge is 2.09. The van der Waals surface area contributed by atoms with Crippen LogP contribution in [-0.2, 0) is 12.3 Å². The molecule has 0 aliphatic heterocycles. The van der Waals surface area contributed by atoms with Crippen molar-refractivity contribution in [2.75, 3.05) is 13.6 Å². The van der Waals surface area contributed by atoms with Crippen molar-refractivity contribution in [2.24, 2.45) is 0 Å². The van der Waals surface area contributed by atoms with Crippen LogP contribution in [0.1, 0.15) is 5.56 Å². The Kier molecular flexibility index (Phi) is 5.12. The lowest BCUT2D eigenvalue weighted by atomic mass is 10.2. The Morgan fingerprint density at radius 2 is 2.32 bits per heavy atom. The molecule has 2 rings (SSSR count). The Morgan fingerprint density at radius 1 is 1.47 bits per heavy atom. The lowest BCUT2D eigenvalue weighted by Crippen LogP contribution is -2.16. The summed E-state index contributed by atoms with van der Waals surface area (Å²) in [5, 5.41) is 15.7. The number of aromatic nitrogens is 4. The van der Waals surface area contributed by atoms with E-state index in [-0.39, 0.29) is 5.82 Å². The molecule has 1 heterocycles. The highest BCUT2D eigenvalue weighted by molar-refractivity contribution is 7.98. The largest absolute Gasteiger partial charge is 0.318 e. The SMILES string of the molecule is CNCCn1nnnc1SCc1cc(F)ccc1Cl. The van der Waals surface area contributed by atoms with Gasteiger partial charge in [-0.3, -0.25) is 0 Å². The molecule has 102 valence electrons. The van der Waals surface area contributed by atoms with Gasteiger partial charge in [0.25, 0.3) is 0 Å². The summed E-state index contributed by atoms with van der Waals surface area (Å²) in [4.78, 5) is 0. The predicted molar refractivity (Wildman–Crippen MR) is 72.7 cm³/mol. The zero-order valence-electron chi connectivity index (χ0n) is 10.3. The van der Waals surface area contributed by atoms with E-state index in [1.165, 1.54) is 23.9 Å². The van der Waals surface area contributed by atoms with Crippen molar-refractivity contribution < 1.29 is 4.39 Å². The summed E-state index contributed by atoms with van der Waals surface area (Å²) in [6.45, 7) is 1.46. The number of benzene rings is 1. The number of nitrogens with one attached hydrogen (secondary N) is 1. The van der Waals surface area contributed by atoms with Crippen LogP contribution in [-0.4, -0.2) is 33.8 Å². The minimum Gasteiger partial charge on any atom is -0.318 e. The van der Waals surface area contributed by atoms with Crippen LogP contribution in [0.3, 0.4) is 0 Å². The van der Waals surface area contributed by atoms with Crippen LogP contribution < -0.4 is 5.32 Å². The van der Waals surface area contributed by atoms with Crippen LogP contribution in [0.25, 0.3) is 0 Å². The topological polar surface area (TPSA) is 55.6 Å². The van der Waals surface area contributed by atoms with E-state index in [9.17, 15) is 4.39 Å². The van der Waals surface area contributed by atoms with Crippen LogP contribution in [0.15, 0.2) is 23.4 Å². The van der Waals surface area contributed by atoms with E-state index in [2.05, 4.69) is 20.8 Å². The summed E-state index contributed by atoms with van der Waals surface area (Å²) in [7, 11) is 1.86. The average Bonchev–Trinajstić information content (AvgIpc) is 2.85. The second-order valence-electron chi connectivity index (χ2n) is 3.81. The summed E-state index contributed by atoms with van der Waals surface area (Å²) >= 11 is 7.44. The summed E-state index contributed by atoms with van der Waals surface area (Å²) in [6.07, 6.45) is 0. The summed E-state index contributed by atoms with van der Waals surface area (Å²) in [5.41, 5.74) is 0.731. The summed E-state index contributed by atoms with van der Waals surface area (Å²) < 4.78 is 14.8. The molecule has 0 radical (unpaired) electrons. The van der Waals surface area contributed by atoms with E-state index in [0.717, 1.165) is 12.1 Å². The molecule has 0 aliphatic carbocycles. The summed E-state index contributed by atoms with van der Waals surface area (Å²) in [6, 6.07) is 4.32. The molecule has 1 aromatic heterocycles. The van der Waals surface area contributed by atoms with Crippen LogP contribution in [0.4, 0.5) is 4.39 Å². The second kappa shape index (κ2) is 6.83. The smallest absolute Gasteiger partial charge is 0.209 e. The Morgan fingerprint density at radius 3 is 3.11 bits per heavy atom. The van der Waals surface area contributed by atoms with Gasteiger partial charge in [0.1, 0.15) is 5.82 Å². The molecule has 0 spiro atoms. The van der Waals surface area contributed by atoms with Crippen LogP contribution >= 0.6 is 23.4 Å². The molecule has 0 saturated carbocycles. The van der Waals surface area contributed by atoms with Gasteiger partial charge in [-0.15, -0.1) is 5.10 Å². The number of tetrazole rings is 1. The standard InChI is InChI=1S/C11H13ClFN5S/c1-14-4-5-18-11(15-16-17-18)19-7-8-6-9(13)2-3-10(8)12/h2-3,6,14H,4-5,7H2,1H3. The Bertz CT molecular complexity index is 548. The Hall–Kier alpha value is -1.18. The van der Waals surface area contributed by atoms with Crippen molar-refractivity contribution in [3.8, 4) is 0 Å². The Labute approximate surface area is 119 Å². The van der Waals surface area contributed by atoms with Crippen molar-refractivity contribution in [3.63, 3.8) is 0 Å². The molecule has 8 heteroatoms. The Balaban J connectivity index is 2.02. The molecule has 0 atom stereocenters. The van der Waals surface area contributed by atoms with Crippen LogP contribution in [0.2, 0.25) is 5.02 Å². The van der Waals surface area contributed by atoms with E-state index in [4.69, 9.17) is 11.6 Å². The van der Waals surface area contributed by atoms with Crippen molar-refractivity contribution >= 4 is 23.4 Å². The van der Waals surface area contributed by atoms with Gasteiger partial charge in [0.05, 0.1) is 6.54 Å². The molecule has 0 aliphatic rings. The first-order chi connectivity index (χ1) is 9.20. The molecule has 0 bridgehead atoms. The number of thioether (sulfide) groups is 1. The number of hydrogen-bond donors (Lipinski definition) is 1. The molecule has 5 nitrogen and oxygen atoms in total. The van der Waals surface area contributed by atoms with Crippen molar-refractivity contribution in [3.05, 3.63) is 34.6 Å². The van der Waals surface area contributed by atoms with E-state index >= 15 is 0 Å². The summed E-state index contributed by atoms with van der Waals surface area (Å²) in [5.74, 6) is 0.228. The fraction of sp³-hybridized carbons (Fsp3) is 0.364. The fourth-order valence-electron chi connectivity index (χ4n) is 1.45. The fourth-order valence-corrected chi connectivity index (χ4v) is 2.61. The van der Waals surface area contributed by atoms with E-state index in [1.807, 2.05) is 7.05 Å². The third-order valence-corrected chi connectivity index (χ3v) is 3.81. The molecular weight excluding hydrogens is 289 g/mol. The highest BCUT2D eigenvalue weighted by Crippen LogP contribution is 2.25. The molecule has 1 aromatic carbocycles. The maximum absolute atomic E-state index is 13.1.